The van der Waals surface area contributed by atoms with Gasteiger partial charge in [-0.05, 0) is 76.3 Å². The van der Waals surface area contributed by atoms with E-state index in [9.17, 15) is 9.59 Å². The Labute approximate surface area is 187 Å². The highest BCUT2D eigenvalue weighted by Crippen LogP contribution is 2.40. The molecule has 0 spiro atoms. The van der Waals surface area contributed by atoms with Gasteiger partial charge in [0.05, 0.1) is 0 Å². The van der Waals surface area contributed by atoms with Gasteiger partial charge < -0.3 is 15.4 Å². The Morgan fingerprint density at radius 1 is 1.19 bits per heavy atom. The standard InChI is InChI=1S/C23H29ClN4O3/c1-22(2,3)31-21(30)25-15-23(16-6-4-7-17(24)14-16)11-9-18(10-12-23)27-20(29)19-8-5-13-26-28-19/h4-8,13-14,18H,9-12,15H2,1-3H3,(H,25,30)(H,27,29)/t18-,23-. The topological polar surface area (TPSA) is 93.2 Å². The van der Waals surface area contributed by atoms with Crippen LogP contribution in [0.15, 0.2) is 42.6 Å². The van der Waals surface area contributed by atoms with Crippen LogP contribution in [0.5, 0.6) is 0 Å². The highest BCUT2D eigenvalue weighted by Gasteiger charge is 2.38. The lowest BCUT2D eigenvalue weighted by Crippen LogP contribution is -2.48. The number of nitrogens with one attached hydrogen (secondary N) is 2. The molecule has 8 heteroatoms. The first kappa shape index (κ1) is 23.0. The number of hydrogen-bond acceptors (Lipinski definition) is 5. The van der Waals surface area contributed by atoms with E-state index in [1.165, 1.54) is 6.20 Å². The molecule has 1 heterocycles. The van der Waals surface area contributed by atoms with Crippen LogP contribution in [-0.2, 0) is 10.2 Å². The summed E-state index contributed by atoms with van der Waals surface area (Å²) in [7, 11) is 0. The van der Waals surface area contributed by atoms with E-state index in [0.29, 0.717) is 17.3 Å². The van der Waals surface area contributed by atoms with Crippen LogP contribution in [0.25, 0.3) is 0 Å². The van der Waals surface area contributed by atoms with Crippen molar-refractivity contribution in [2.45, 2.75) is 63.5 Å². The number of carbonyl (C=O) groups excluding carboxylic acids is 2. The molecule has 2 aromatic rings. The number of aromatic nitrogens is 2. The third-order valence-electron chi connectivity index (χ3n) is 5.49. The van der Waals surface area contributed by atoms with Crippen molar-refractivity contribution in [3.63, 3.8) is 0 Å². The quantitative estimate of drug-likeness (QED) is 0.718. The summed E-state index contributed by atoms with van der Waals surface area (Å²) in [5.41, 5.74) is 0.543. The summed E-state index contributed by atoms with van der Waals surface area (Å²) in [4.78, 5) is 24.7. The predicted octanol–water partition coefficient (Wildman–Crippen LogP) is 4.27. The maximum Gasteiger partial charge on any atom is 0.407 e. The molecule has 166 valence electrons. The molecule has 0 saturated heterocycles. The zero-order valence-electron chi connectivity index (χ0n) is 18.2. The molecular formula is C23H29ClN4O3. The molecule has 0 aliphatic heterocycles. The van der Waals surface area contributed by atoms with Gasteiger partial charge in [0.25, 0.3) is 5.91 Å². The Bertz CT molecular complexity index is 907. The van der Waals surface area contributed by atoms with Crippen molar-refractivity contribution in [3.05, 3.63) is 58.9 Å². The molecule has 2 N–H and O–H groups in total. The lowest BCUT2D eigenvalue weighted by molar-refractivity contribution is 0.0506. The van der Waals surface area contributed by atoms with Gasteiger partial charge in [0.1, 0.15) is 5.60 Å². The fourth-order valence-corrected chi connectivity index (χ4v) is 4.13. The molecule has 0 bridgehead atoms. The number of benzene rings is 1. The summed E-state index contributed by atoms with van der Waals surface area (Å²) in [5, 5.41) is 14.3. The molecule has 1 aliphatic carbocycles. The Morgan fingerprint density at radius 3 is 2.55 bits per heavy atom. The predicted molar refractivity (Wildman–Crippen MR) is 119 cm³/mol. The maximum atomic E-state index is 12.4. The Kier molecular flexibility index (Phi) is 7.15. The van der Waals surface area contributed by atoms with E-state index in [0.717, 1.165) is 31.2 Å². The number of rotatable bonds is 5. The van der Waals surface area contributed by atoms with Crippen LogP contribution in [0.2, 0.25) is 5.02 Å². The average molecular weight is 445 g/mol. The molecule has 1 aromatic carbocycles. The van der Waals surface area contributed by atoms with Gasteiger partial charge in [-0.3, -0.25) is 4.79 Å². The van der Waals surface area contributed by atoms with Crippen molar-refractivity contribution in [1.29, 1.82) is 0 Å². The number of halogens is 1. The number of ether oxygens (including phenoxy) is 1. The third-order valence-corrected chi connectivity index (χ3v) is 5.72. The Hall–Kier alpha value is -2.67. The minimum atomic E-state index is -0.560. The van der Waals surface area contributed by atoms with Gasteiger partial charge in [0.15, 0.2) is 5.69 Å². The van der Waals surface area contributed by atoms with Crippen LogP contribution in [0, 0.1) is 0 Å². The van der Waals surface area contributed by atoms with Crippen molar-refractivity contribution in [1.82, 2.24) is 20.8 Å². The molecule has 3 rings (SSSR count). The first-order valence-electron chi connectivity index (χ1n) is 10.5. The van der Waals surface area contributed by atoms with Gasteiger partial charge in [-0.1, -0.05) is 23.7 Å². The molecule has 0 unspecified atom stereocenters. The second kappa shape index (κ2) is 9.64. The second-order valence-corrected chi connectivity index (χ2v) is 9.44. The maximum absolute atomic E-state index is 12.4. The Morgan fingerprint density at radius 2 is 1.94 bits per heavy atom. The molecule has 0 atom stereocenters. The van der Waals surface area contributed by atoms with Crippen molar-refractivity contribution >= 4 is 23.6 Å². The summed E-state index contributed by atoms with van der Waals surface area (Å²) in [6.45, 7) is 5.95. The summed E-state index contributed by atoms with van der Waals surface area (Å²) >= 11 is 6.26. The zero-order valence-corrected chi connectivity index (χ0v) is 18.9. The highest BCUT2D eigenvalue weighted by molar-refractivity contribution is 6.30. The molecule has 31 heavy (non-hydrogen) atoms. The van der Waals surface area contributed by atoms with E-state index in [4.69, 9.17) is 16.3 Å². The van der Waals surface area contributed by atoms with Gasteiger partial charge >= 0.3 is 6.09 Å². The fourth-order valence-electron chi connectivity index (χ4n) is 3.94. The number of carbonyl (C=O) groups is 2. The van der Waals surface area contributed by atoms with E-state index in [1.54, 1.807) is 12.1 Å². The summed E-state index contributed by atoms with van der Waals surface area (Å²) in [5.74, 6) is -0.222. The van der Waals surface area contributed by atoms with Gasteiger partial charge in [-0.25, -0.2) is 4.79 Å². The Balaban J connectivity index is 1.69. The van der Waals surface area contributed by atoms with Crippen molar-refractivity contribution in [3.8, 4) is 0 Å². The first-order valence-corrected chi connectivity index (χ1v) is 10.9. The van der Waals surface area contributed by atoms with Gasteiger partial charge in [0.2, 0.25) is 0 Å². The lowest BCUT2D eigenvalue weighted by atomic mass is 9.68. The average Bonchev–Trinajstić information content (AvgIpc) is 2.73. The van der Waals surface area contributed by atoms with E-state index < -0.39 is 11.7 Å². The van der Waals surface area contributed by atoms with Crippen LogP contribution in [0.3, 0.4) is 0 Å². The van der Waals surface area contributed by atoms with Crippen molar-refractivity contribution < 1.29 is 14.3 Å². The SMILES string of the molecule is CC(C)(C)OC(=O)NC[C@]1(c2cccc(Cl)c2)CC[C@H](NC(=O)c2cccnn2)CC1. The minimum Gasteiger partial charge on any atom is -0.444 e. The van der Waals surface area contributed by atoms with Crippen LogP contribution in [-0.4, -0.2) is 40.4 Å². The number of hydrogen-bond donors (Lipinski definition) is 2. The van der Waals surface area contributed by atoms with E-state index in [2.05, 4.69) is 20.8 Å². The van der Waals surface area contributed by atoms with Crippen molar-refractivity contribution in [2.75, 3.05) is 6.54 Å². The number of nitrogens with zero attached hydrogens (tertiary/aromatic N) is 2. The van der Waals surface area contributed by atoms with Crippen molar-refractivity contribution in [2.24, 2.45) is 0 Å². The van der Waals surface area contributed by atoms with E-state index in [1.807, 2.05) is 45.0 Å². The normalized spacial score (nSPS) is 21.2. The molecule has 1 aliphatic rings. The minimum absolute atomic E-state index is 0.0309. The lowest BCUT2D eigenvalue weighted by Gasteiger charge is -2.41. The van der Waals surface area contributed by atoms with Crippen LogP contribution in [0.4, 0.5) is 4.79 Å². The summed E-state index contributed by atoms with van der Waals surface area (Å²) in [6.07, 6.45) is 4.22. The van der Waals surface area contributed by atoms with Gasteiger partial charge in [0, 0.05) is 29.2 Å². The molecule has 1 fully saturated rings. The van der Waals surface area contributed by atoms with E-state index >= 15 is 0 Å². The molecular weight excluding hydrogens is 416 g/mol. The largest absolute Gasteiger partial charge is 0.444 e. The fraction of sp³-hybridized carbons (Fsp3) is 0.478. The zero-order chi connectivity index (χ0) is 22.5. The van der Waals surface area contributed by atoms with Gasteiger partial charge in [-0.2, -0.15) is 5.10 Å². The smallest absolute Gasteiger partial charge is 0.407 e. The van der Waals surface area contributed by atoms with E-state index in [-0.39, 0.29) is 17.4 Å². The van der Waals surface area contributed by atoms with Crippen LogP contribution < -0.4 is 10.6 Å². The molecule has 1 aromatic heterocycles. The van der Waals surface area contributed by atoms with Crippen LogP contribution in [0.1, 0.15) is 62.5 Å². The first-order chi connectivity index (χ1) is 14.7. The monoisotopic (exact) mass is 444 g/mol. The summed E-state index contributed by atoms with van der Waals surface area (Å²) in [6, 6.07) is 11.1. The molecule has 7 nitrogen and oxygen atoms in total. The number of amides is 2. The summed E-state index contributed by atoms with van der Waals surface area (Å²) < 4.78 is 5.41. The second-order valence-electron chi connectivity index (χ2n) is 9.00. The van der Waals surface area contributed by atoms with Gasteiger partial charge in [-0.15, -0.1) is 5.10 Å². The molecule has 1 saturated carbocycles. The number of alkyl carbamates (subject to hydrolysis) is 1. The molecule has 2 amide bonds. The highest BCUT2D eigenvalue weighted by atomic mass is 35.5. The third kappa shape index (κ3) is 6.40. The molecule has 0 radical (unpaired) electrons. The van der Waals surface area contributed by atoms with Crippen LogP contribution >= 0.6 is 11.6 Å².